The summed E-state index contributed by atoms with van der Waals surface area (Å²) in [6.45, 7) is 3.23. The minimum absolute atomic E-state index is 0.00606. The van der Waals surface area contributed by atoms with Crippen LogP contribution in [0.2, 0.25) is 0 Å². The summed E-state index contributed by atoms with van der Waals surface area (Å²) in [6, 6.07) is 13.6. The van der Waals surface area contributed by atoms with E-state index < -0.39 is 11.0 Å². The summed E-state index contributed by atoms with van der Waals surface area (Å²) >= 11 is 0. The Balaban J connectivity index is 1.96. The molecule has 0 unspecified atom stereocenters. The number of ether oxygens (including phenoxy) is 1. The van der Waals surface area contributed by atoms with Gasteiger partial charge in [0.2, 0.25) is 0 Å². The third-order valence-corrected chi connectivity index (χ3v) is 3.99. The zero-order valence-electron chi connectivity index (χ0n) is 14.6. The van der Waals surface area contributed by atoms with Crippen molar-refractivity contribution in [3.63, 3.8) is 0 Å². The van der Waals surface area contributed by atoms with Gasteiger partial charge in [0, 0.05) is 6.07 Å². The Labute approximate surface area is 154 Å². The highest BCUT2D eigenvalue weighted by molar-refractivity contribution is 5.82. The Morgan fingerprint density at radius 1 is 1.37 bits per heavy atom. The van der Waals surface area contributed by atoms with Crippen molar-refractivity contribution in [3.05, 3.63) is 69.7 Å². The zero-order chi connectivity index (χ0) is 19.6. The predicted octanol–water partition coefficient (Wildman–Crippen LogP) is 4.04. The minimum atomic E-state index is -0.991. The molecule has 0 aliphatic heterocycles. The smallest absolute Gasteiger partial charge is 0.311 e. The molecule has 0 aliphatic rings. The summed E-state index contributed by atoms with van der Waals surface area (Å²) in [5.41, 5.74) is 1.78. The number of H-pyrrole nitrogens is 1. The SMILES string of the molecule is Cc1ccc(O[C@@H](C)/C(O)=C(\C#N)c2nc3ccccc3[nH]2)c([N+](=O)[O-])c1. The lowest BCUT2D eigenvalue weighted by atomic mass is 10.1. The van der Waals surface area contributed by atoms with E-state index in [1.54, 1.807) is 25.1 Å². The van der Waals surface area contributed by atoms with E-state index in [2.05, 4.69) is 9.97 Å². The van der Waals surface area contributed by atoms with Crippen LogP contribution in [0.15, 0.2) is 48.2 Å². The maximum absolute atomic E-state index is 11.2. The number of aryl methyl sites for hydroxylation is 1. The molecule has 0 saturated carbocycles. The number of aromatic nitrogens is 2. The Morgan fingerprint density at radius 3 is 2.78 bits per heavy atom. The van der Waals surface area contributed by atoms with Crippen molar-refractivity contribution < 1.29 is 14.8 Å². The lowest BCUT2D eigenvalue weighted by molar-refractivity contribution is -0.386. The van der Waals surface area contributed by atoms with Crippen LogP contribution < -0.4 is 4.74 Å². The van der Waals surface area contributed by atoms with Crippen LogP contribution in [0.25, 0.3) is 16.6 Å². The molecule has 1 atom stereocenters. The molecular weight excluding hydrogens is 348 g/mol. The lowest BCUT2D eigenvalue weighted by Crippen LogP contribution is -2.17. The molecule has 2 aromatic carbocycles. The molecule has 0 saturated heterocycles. The maximum Gasteiger partial charge on any atom is 0.311 e. The standard InChI is InChI=1S/C19H16N4O4/c1-11-7-8-17(16(9-11)23(25)26)27-12(2)18(24)13(10-20)19-21-14-5-3-4-6-15(14)22-19/h3-9,12,24H,1-2H3,(H,21,22)/b18-13-/t12-/m0/s1. The molecule has 8 heteroatoms. The number of nitro benzene ring substituents is 1. The fourth-order valence-electron chi connectivity index (χ4n) is 2.62. The molecule has 136 valence electrons. The third-order valence-electron chi connectivity index (χ3n) is 3.99. The fourth-order valence-corrected chi connectivity index (χ4v) is 2.62. The van der Waals surface area contributed by atoms with E-state index in [0.717, 1.165) is 5.52 Å². The summed E-state index contributed by atoms with van der Waals surface area (Å²) in [6.07, 6.45) is -0.991. The first-order valence-electron chi connectivity index (χ1n) is 8.10. The highest BCUT2D eigenvalue weighted by Crippen LogP contribution is 2.30. The number of benzene rings is 2. The van der Waals surface area contributed by atoms with Gasteiger partial charge in [-0.05, 0) is 37.6 Å². The number of aliphatic hydroxyl groups excluding tert-OH is 1. The van der Waals surface area contributed by atoms with Gasteiger partial charge in [0.05, 0.1) is 16.0 Å². The normalized spacial score (nSPS) is 12.9. The average Bonchev–Trinajstić information content (AvgIpc) is 3.07. The number of hydrogen-bond donors (Lipinski definition) is 2. The second-order valence-electron chi connectivity index (χ2n) is 5.96. The molecule has 0 bridgehead atoms. The molecular formula is C19H16N4O4. The van der Waals surface area contributed by atoms with Crippen LogP contribution in [-0.4, -0.2) is 26.1 Å². The number of nitrogens with zero attached hydrogens (tertiary/aromatic N) is 3. The Kier molecular flexibility index (Phi) is 4.77. The number of hydrogen-bond acceptors (Lipinski definition) is 6. The number of para-hydroxylation sites is 2. The van der Waals surface area contributed by atoms with Crippen LogP contribution in [0.4, 0.5) is 5.69 Å². The Hall–Kier alpha value is -3.86. The van der Waals surface area contributed by atoms with Crippen molar-refractivity contribution in [3.8, 4) is 11.8 Å². The number of allylic oxidation sites excluding steroid dienone is 1. The number of nitrogens with one attached hydrogen (secondary N) is 1. The van der Waals surface area contributed by atoms with E-state index >= 15 is 0 Å². The number of fused-ring (bicyclic) bond motifs is 1. The van der Waals surface area contributed by atoms with Crippen LogP contribution in [0.3, 0.4) is 0 Å². The summed E-state index contributed by atoms with van der Waals surface area (Å²) < 4.78 is 5.56. The summed E-state index contributed by atoms with van der Waals surface area (Å²) in [4.78, 5) is 17.9. The zero-order valence-corrected chi connectivity index (χ0v) is 14.6. The van der Waals surface area contributed by atoms with Crippen molar-refractivity contribution in [2.75, 3.05) is 0 Å². The number of nitro groups is 1. The molecule has 8 nitrogen and oxygen atoms in total. The van der Waals surface area contributed by atoms with Crippen molar-refractivity contribution >= 4 is 22.3 Å². The topological polar surface area (TPSA) is 125 Å². The van der Waals surface area contributed by atoms with E-state index in [9.17, 15) is 20.5 Å². The highest BCUT2D eigenvalue weighted by Gasteiger charge is 2.23. The summed E-state index contributed by atoms with van der Waals surface area (Å²) in [7, 11) is 0. The molecule has 0 spiro atoms. The number of imidazole rings is 1. The molecule has 3 aromatic rings. The molecule has 27 heavy (non-hydrogen) atoms. The molecule has 1 aromatic heterocycles. The first-order chi connectivity index (χ1) is 12.9. The van der Waals surface area contributed by atoms with Crippen molar-refractivity contribution in [2.45, 2.75) is 20.0 Å². The van der Waals surface area contributed by atoms with E-state index in [1.165, 1.54) is 19.1 Å². The van der Waals surface area contributed by atoms with Crippen LogP contribution in [-0.2, 0) is 0 Å². The fraction of sp³-hybridized carbons (Fsp3) is 0.158. The first kappa shape index (κ1) is 17.9. The van der Waals surface area contributed by atoms with Crippen LogP contribution in [0, 0.1) is 28.4 Å². The molecule has 1 heterocycles. The number of nitriles is 1. The number of rotatable bonds is 5. The Morgan fingerprint density at radius 2 is 2.11 bits per heavy atom. The van der Waals surface area contributed by atoms with Crippen molar-refractivity contribution in [2.24, 2.45) is 0 Å². The lowest BCUT2D eigenvalue weighted by Gasteiger charge is -2.15. The second kappa shape index (κ2) is 7.17. The van der Waals surface area contributed by atoms with Crippen LogP contribution in [0.5, 0.6) is 5.75 Å². The van der Waals surface area contributed by atoms with Crippen LogP contribution >= 0.6 is 0 Å². The quantitative estimate of drug-likeness (QED) is 0.305. The van der Waals surface area contributed by atoms with Gasteiger partial charge in [0.15, 0.2) is 23.4 Å². The Bertz CT molecular complexity index is 1060. The molecule has 0 amide bonds. The van der Waals surface area contributed by atoms with Crippen LogP contribution in [0.1, 0.15) is 18.3 Å². The largest absolute Gasteiger partial charge is 0.507 e. The van der Waals surface area contributed by atoms with E-state index in [4.69, 9.17) is 4.74 Å². The van der Waals surface area contributed by atoms with Crippen molar-refractivity contribution in [1.82, 2.24) is 9.97 Å². The van der Waals surface area contributed by atoms with Gasteiger partial charge in [0.1, 0.15) is 11.6 Å². The van der Waals surface area contributed by atoms with E-state index in [1.807, 2.05) is 18.2 Å². The molecule has 0 radical (unpaired) electrons. The minimum Gasteiger partial charge on any atom is -0.507 e. The molecule has 3 rings (SSSR count). The van der Waals surface area contributed by atoms with Crippen molar-refractivity contribution in [1.29, 1.82) is 5.26 Å². The van der Waals surface area contributed by atoms with Gasteiger partial charge in [-0.2, -0.15) is 5.26 Å². The first-order valence-corrected chi connectivity index (χ1v) is 8.10. The molecule has 0 aliphatic carbocycles. The second-order valence-corrected chi connectivity index (χ2v) is 5.96. The number of aliphatic hydroxyl groups is 1. The van der Waals surface area contributed by atoms with E-state index in [-0.39, 0.29) is 28.6 Å². The number of aromatic amines is 1. The van der Waals surface area contributed by atoms with Gasteiger partial charge < -0.3 is 14.8 Å². The summed E-state index contributed by atoms with van der Waals surface area (Å²) in [5, 5.41) is 31.2. The predicted molar refractivity (Wildman–Crippen MR) is 99.2 cm³/mol. The molecule has 0 fully saturated rings. The molecule has 2 N–H and O–H groups in total. The average molecular weight is 364 g/mol. The van der Waals surface area contributed by atoms with Gasteiger partial charge in [0.25, 0.3) is 0 Å². The monoisotopic (exact) mass is 364 g/mol. The van der Waals surface area contributed by atoms with Gasteiger partial charge >= 0.3 is 5.69 Å². The summed E-state index contributed by atoms with van der Waals surface area (Å²) in [5.74, 6) is -0.164. The van der Waals surface area contributed by atoms with Gasteiger partial charge in [-0.3, -0.25) is 10.1 Å². The highest BCUT2D eigenvalue weighted by atomic mass is 16.6. The van der Waals surface area contributed by atoms with Gasteiger partial charge in [-0.25, -0.2) is 4.98 Å². The third kappa shape index (κ3) is 3.57. The maximum atomic E-state index is 11.2. The van der Waals surface area contributed by atoms with Gasteiger partial charge in [-0.1, -0.05) is 18.2 Å². The van der Waals surface area contributed by atoms with Gasteiger partial charge in [-0.15, -0.1) is 0 Å². The van der Waals surface area contributed by atoms with E-state index in [0.29, 0.717) is 11.1 Å².